The highest BCUT2D eigenvalue weighted by Gasteiger charge is 2.16. The first-order valence-corrected chi connectivity index (χ1v) is 8.33. The first kappa shape index (κ1) is 20.1. The highest BCUT2D eigenvalue weighted by molar-refractivity contribution is 5.84. The number of carboxylic acids is 2. The summed E-state index contributed by atoms with van der Waals surface area (Å²) >= 11 is 0. The van der Waals surface area contributed by atoms with Crippen molar-refractivity contribution in [3.63, 3.8) is 0 Å². The third kappa shape index (κ3) is 5.66. The predicted octanol–water partition coefficient (Wildman–Crippen LogP) is 0.747. The highest BCUT2D eigenvalue weighted by Crippen LogP contribution is 2.18. The Labute approximate surface area is 155 Å². The fourth-order valence-electron chi connectivity index (χ4n) is 2.55. The van der Waals surface area contributed by atoms with Crippen LogP contribution in [-0.2, 0) is 22.4 Å². The molecule has 1 aromatic carbocycles. The quantitative estimate of drug-likeness (QED) is 0.356. The highest BCUT2D eigenvalue weighted by atomic mass is 16.4. The Hall–Kier alpha value is -3.17. The van der Waals surface area contributed by atoms with Gasteiger partial charge in [0.05, 0.1) is 12.0 Å². The number of benzene rings is 1. The maximum atomic E-state index is 10.6. The van der Waals surface area contributed by atoms with Gasteiger partial charge in [0, 0.05) is 36.1 Å². The molecule has 9 heteroatoms. The van der Waals surface area contributed by atoms with Crippen LogP contribution in [-0.4, -0.2) is 56.2 Å². The van der Waals surface area contributed by atoms with Crippen LogP contribution in [0.4, 0.5) is 0 Å². The number of rotatable bonds is 7. The SMILES string of the molecule is CN[C@@H](Cc1c[nH]cn1)C(=O)O.N[C@@H](Cc1c[nH]c2ccccc12)C(=O)O. The van der Waals surface area contributed by atoms with Crippen LogP contribution in [0.2, 0.25) is 0 Å². The van der Waals surface area contributed by atoms with Crippen LogP contribution in [0.1, 0.15) is 11.3 Å². The number of nitrogens with two attached hydrogens (primary N) is 1. The predicted molar refractivity (Wildman–Crippen MR) is 100 cm³/mol. The zero-order chi connectivity index (χ0) is 19.8. The average Bonchev–Trinajstić information content (AvgIpc) is 3.30. The molecule has 2 aromatic heterocycles. The van der Waals surface area contributed by atoms with E-state index in [1.54, 1.807) is 13.2 Å². The Bertz CT molecular complexity index is 875. The lowest BCUT2D eigenvalue weighted by Crippen LogP contribution is -2.35. The molecule has 3 rings (SSSR count). The van der Waals surface area contributed by atoms with Gasteiger partial charge in [0.2, 0.25) is 0 Å². The molecular weight excluding hydrogens is 350 g/mol. The number of hydrogen-bond donors (Lipinski definition) is 6. The van der Waals surface area contributed by atoms with Crippen LogP contribution in [0.15, 0.2) is 43.0 Å². The van der Waals surface area contributed by atoms with Crippen molar-refractivity contribution in [3.05, 3.63) is 54.2 Å². The minimum Gasteiger partial charge on any atom is -0.480 e. The zero-order valence-electron chi connectivity index (χ0n) is 14.8. The molecule has 0 aliphatic carbocycles. The second-order valence-electron chi connectivity index (χ2n) is 5.95. The molecule has 0 fully saturated rings. The summed E-state index contributed by atoms with van der Waals surface area (Å²) in [6.45, 7) is 0. The number of aliphatic carboxylic acids is 2. The molecule has 2 heterocycles. The number of para-hydroxylation sites is 1. The normalized spacial score (nSPS) is 12.8. The molecule has 0 radical (unpaired) electrons. The summed E-state index contributed by atoms with van der Waals surface area (Å²) in [5, 5.41) is 21.1. The van der Waals surface area contributed by atoms with Crippen molar-refractivity contribution in [2.24, 2.45) is 5.73 Å². The van der Waals surface area contributed by atoms with Gasteiger partial charge in [-0.25, -0.2) is 4.98 Å². The smallest absolute Gasteiger partial charge is 0.321 e. The number of nitrogens with zero attached hydrogens (tertiary/aromatic N) is 1. The lowest BCUT2D eigenvalue weighted by atomic mass is 10.1. The van der Waals surface area contributed by atoms with Gasteiger partial charge in [0.25, 0.3) is 0 Å². The summed E-state index contributed by atoms with van der Waals surface area (Å²) in [7, 11) is 1.62. The Morgan fingerprint density at radius 2 is 1.93 bits per heavy atom. The van der Waals surface area contributed by atoms with Gasteiger partial charge in [0.15, 0.2) is 0 Å². The van der Waals surface area contributed by atoms with Crippen molar-refractivity contribution in [2.75, 3.05) is 7.05 Å². The van der Waals surface area contributed by atoms with Gasteiger partial charge in [0.1, 0.15) is 12.1 Å². The summed E-state index contributed by atoms with van der Waals surface area (Å²) in [6.07, 6.45) is 5.78. The van der Waals surface area contributed by atoms with Crippen LogP contribution in [0, 0.1) is 0 Å². The molecule has 7 N–H and O–H groups in total. The number of carboxylic acid groups (broad SMARTS) is 2. The maximum absolute atomic E-state index is 10.6. The number of imidazole rings is 1. The number of hydrogen-bond acceptors (Lipinski definition) is 5. The molecule has 0 unspecified atom stereocenters. The molecule has 0 aliphatic heterocycles. The number of aromatic nitrogens is 3. The largest absolute Gasteiger partial charge is 0.480 e. The van der Waals surface area contributed by atoms with Crippen LogP contribution in [0.25, 0.3) is 10.9 Å². The summed E-state index contributed by atoms with van der Waals surface area (Å²) in [5.41, 5.74) is 8.18. The van der Waals surface area contributed by atoms with E-state index in [1.807, 2.05) is 30.5 Å². The van der Waals surface area contributed by atoms with Gasteiger partial charge in [-0.3, -0.25) is 9.59 Å². The summed E-state index contributed by atoms with van der Waals surface area (Å²) in [6, 6.07) is 6.35. The van der Waals surface area contributed by atoms with Gasteiger partial charge in [-0.05, 0) is 18.7 Å². The molecule has 9 nitrogen and oxygen atoms in total. The van der Waals surface area contributed by atoms with Gasteiger partial charge in [-0.2, -0.15) is 0 Å². The fourth-order valence-corrected chi connectivity index (χ4v) is 2.55. The van der Waals surface area contributed by atoms with Gasteiger partial charge in [-0.1, -0.05) is 18.2 Å². The Balaban J connectivity index is 0.000000199. The third-order valence-electron chi connectivity index (χ3n) is 4.05. The van der Waals surface area contributed by atoms with E-state index in [0.29, 0.717) is 12.8 Å². The van der Waals surface area contributed by atoms with E-state index >= 15 is 0 Å². The van der Waals surface area contributed by atoms with Crippen LogP contribution in [0.3, 0.4) is 0 Å². The Morgan fingerprint density at radius 3 is 2.52 bits per heavy atom. The molecule has 0 aliphatic rings. The molecule has 0 saturated heterocycles. The van der Waals surface area contributed by atoms with Crippen LogP contribution < -0.4 is 11.1 Å². The molecule has 144 valence electrons. The number of nitrogens with one attached hydrogen (secondary N) is 3. The van der Waals surface area contributed by atoms with Crippen molar-refractivity contribution in [1.82, 2.24) is 20.3 Å². The zero-order valence-corrected chi connectivity index (χ0v) is 14.8. The minimum atomic E-state index is -0.972. The lowest BCUT2D eigenvalue weighted by molar-refractivity contribution is -0.139. The van der Waals surface area contributed by atoms with Crippen LogP contribution >= 0.6 is 0 Å². The number of H-pyrrole nitrogens is 2. The lowest BCUT2D eigenvalue weighted by Gasteiger charge is -2.07. The molecule has 0 bridgehead atoms. The summed E-state index contributed by atoms with van der Waals surface area (Å²) in [4.78, 5) is 31.0. The van der Waals surface area contributed by atoms with Crippen molar-refractivity contribution in [3.8, 4) is 0 Å². The molecule has 0 amide bonds. The monoisotopic (exact) mass is 373 g/mol. The maximum Gasteiger partial charge on any atom is 0.321 e. The summed E-state index contributed by atoms with van der Waals surface area (Å²) < 4.78 is 0. The number of carbonyl (C=O) groups is 2. The Kier molecular flexibility index (Phi) is 7.09. The van der Waals surface area contributed by atoms with E-state index < -0.39 is 24.0 Å². The number of likely N-dealkylation sites (N-methyl/N-ethyl adjacent to an activating group) is 1. The third-order valence-corrected chi connectivity index (χ3v) is 4.05. The van der Waals surface area contributed by atoms with Crippen molar-refractivity contribution >= 4 is 22.8 Å². The molecule has 3 aromatic rings. The second kappa shape index (κ2) is 9.51. The van der Waals surface area contributed by atoms with E-state index in [2.05, 4.69) is 20.3 Å². The molecule has 27 heavy (non-hydrogen) atoms. The van der Waals surface area contributed by atoms with Crippen molar-refractivity contribution in [1.29, 1.82) is 0 Å². The van der Waals surface area contributed by atoms with Gasteiger partial charge in [-0.15, -0.1) is 0 Å². The van der Waals surface area contributed by atoms with E-state index in [9.17, 15) is 9.59 Å². The minimum absolute atomic E-state index is 0.347. The standard InChI is InChI=1S/C11H12N2O2.C7H11N3O2/c12-9(11(14)15)5-7-6-13-10-4-2-1-3-8(7)10;1-8-6(7(11)12)2-5-3-9-4-10-5/h1-4,6,9,13H,5,12H2,(H,14,15);3-4,6,8H,2H2,1H3,(H,9,10)(H,11,12)/t9-;6-/m00/s1. The average molecular weight is 373 g/mol. The number of fused-ring (bicyclic) bond motifs is 1. The molecular formula is C18H23N5O4. The van der Waals surface area contributed by atoms with Gasteiger partial charge >= 0.3 is 11.9 Å². The number of aromatic amines is 2. The van der Waals surface area contributed by atoms with E-state index in [4.69, 9.17) is 15.9 Å². The van der Waals surface area contributed by atoms with Gasteiger partial charge < -0.3 is 31.2 Å². The topological polar surface area (TPSA) is 157 Å². The first-order valence-electron chi connectivity index (χ1n) is 8.33. The van der Waals surface area contributed by atoms with Crippen molar-refractivity contribution in [2.45, 2.75) is 24.9 Å². The van der Waals surface area contributed by atoms with E-state index in [1.165, 1.54) is 6.33 Å². The molecule has 0 spiro atoms. The molecule has 2 atom stereocenters. The first-order chi connectivity index (χ1) is 12.9. The van der Waals surface area contributed by atoms with E-state index in [-0.39, 0.29) is 0 Å². The Morgan fingerprint density at radius 1 is 1.19 bits per heavy atom. The molecule has 0 saturated carbocycles. The fraction of sp³-hybridized carbons (Fsp3) is 0.278. The van der Waals surface area contributed by atoms with Crippen molar-refractivity contribution < 1.29 is 19.8 Å². The van der Waals surface area contributed by atoms with Crippen LogP contribution in [0.5, 0.6) is 0 Å². The second-order valence-corrected chi connectivity index (χ2v) is 5.95. The summed E-state index contributed by atoms with van der Waals surface area (Å²) in [5.74, 6) is -1.83. The van der Waals surface area contributed by atoms with E-state index in [0.717, 1.165) is 22.2 Å².